The molecule has 0 radical (unpaired) electrons. The van der Waals surface area contributed by atoms with Gasteiger partial charge in [0.15, 0.2) is 0 Å². The first-order chi connectivity index (χ1) is 7.65. The van der Waals surface area contributed by atoms with E-state index in [-0.39, 0.29) is 0 Å². The number of nitrogens with zero attached hydrogens (tertiary/aromatic N) is 2. The Morgan fingerprint density at radius 3 is 2.94 bits per heavy atom. The third-order valence-corrected chi connectivity index (χ3v) is 3.52. The van der Waals surface area contributed by atoms with Gasteiger partial charge in [-0.2, -0.15) is 5.10 Å². The van der Waals surface area contributed by atoms with Crippen molar-refractivity contribution in [1.82, 2.24) is 9.78 Å². The minimum atomic E-state index is 0.670. The van der Waals surface area contributed by atoms with Crippen molar-refractivity contribution in [3.8, 4) is 0 Å². The molecule has 2 N–H and O–H groups in total. The van der Waals surface area contributed by atoms with Gasteiger partial charge in [0.2, 0.25) is 0 Å². The van der Waals surface area contributed by atoms with Crippen LogP contribution >= 0.6 is 23.4 Å². The van der Waals surface area contributed by atoms with Crippen LogP contribution in [0.15, 0.2) is 35.5 Å². The Bertz CT molecular complexity index is 496. The highest BCUT2D eigenvalue weighted by Crippen LogP contribution is 2.29. The summed E-state index contributed by atoms with van der Waals surface area (Å²) in [5, 5.41) is 4.79. The van der Waals surface area contributed by atoms with Crippen molar-refractivity contribution >= 4 is 29.1 Å². The van der Waals surface area contributed by atoms with Crippen LogP contribution < -0.4 is 5.73 Å². The first kappa shape index (κ1) is 11.4. The number of benzene rings is 1. The Hall–Kier alpha value is -1.13. The average Bonchev–Trinajstić information content (AvgIpc) is 2.63. The van der Waals surface area contributed by atoms with Crippen LogP contribution in [0, 0.1) is 0 Å². The zero-order valence-corrected chi connectivity index (χ0v) is 10.4. The Kier molecular flexibility index (Phi) is 3.41. The van der Waals surface area contributed by atoms with Crippen LogP contribution in [0.5, 0.6) is 0 Å². The summed E-state index contributed by atoms with van der Waals surface area (Å²) >= 11 is 7.52. The number of anilines is 1. The molecule has 2 rings (SSSR count). The summed E-state index contributed by atoms with van der Waals surface area (Å²) in [6, 6.07) is 5.56. The zero-order valence-electron chi connectivity index (χ0n) is 8.85. The molecule has 16 heavy (non-hydrogen) atoms. The molecule has 3 nitrogen and oxygen atoms in total. The second kappa shape index (κ2) is 4.80. The SMILES string of the molecule is Cn1cc(CSc2ccc(Cl)cc2N)cn1. The van der Waals surface area contributed by atoms with Gasteiger partial charge in [-0.05, 0) is 18.2 Å². The van der Waals surface area contributed by atoms with E-state index >= 15 is 0 Å². The van der Waals surface area contributed by atoms with E-state index in [1.807, 2.05) is 31.6 Å². The summed E-state index contributed by atoms with van der Waals surface area (Å²) < 4.78 is 1.79. The average molecular weight is 254 g/mol. The number of thioether (sulfide) groups is 1. The number of nitrogens with two attached hydrogens (primary N) is 1. The normalized spacial score (nSPS) is 10.6. The predicted molar refractivity (Wildman–Crippen MR) is 68.6 cm³/mol. The van der Waals surface area contributed by atoms with Gasteiger partial charge >= 0.3 is 0 Å². The molecule has 0 saturated carbocycles. The van der Waals surface area contributed by atoms with Crippen LogP contribution in [0.2, 0.25) is 5.02 Å². The predicted octanol–water partition coefficient (Wildman–Crippen LogP) is 2.95. The molecule has 1 heterocycles. The van der Waals surface area contributed by atoms with Crippen molar-refractivity contribution in [3.05, 3.63) is 41.2 Å². The highest BCUT2D eigenvalue weighted by Gasteiger charge is 2.02. The molecule has 0 spiro atoms. The van der Waals surface area contributed by atoms with Crippen LogP contribution in [0.3, 0.4) is 0 Å². The van der Waals surface area contributed by atoms with Crippen LogP contribution in [-0.4, -0.2) is 9.78 Å². The Morgan fingerprint density at radius 2 is 2.31 bits per heavy atom. The lowest BCUT2D eigenvalue weighted by Gasteiger charge is -2.04. The molecule has 0 fully saturated rings. The monoisotopic (exact) mass is 253 g/mol. The summed E-state index contributed by atoms with van der Waals surface area (Å²) in [5.74, 6) is 0.861. The Labute approximate surface area is 104 Å². The fraction of sp³-hybridized carbons (Fsp3) is 0.182. The highest BCUT2D eigenvalue weighted by atomic mass is 35.5. The maximum atomic E-state index is 5.86. The van der Waals surface area contributed by atoms with Gasteiger partial charge in [-0.15, -0.1) is 11.8 Å². The van der Waals surface area contributed by atoms with Crippen molar-refractivity contribution in [2.45, 2.75) is 10.6 Å². The smallest absolute Gasteiger partial charge is 0.0530 e. The Balaban J connectivity index is 2.04. The highest BCUT2D eigenvalue weighted by molar-refractivity contribution is 7.98. The molecule has 0 aliphatic carbocycles. The molecule has 0 unspecified atom stereocenters. The fourth-order valence-electron chi connectivity index (χ4n) is 1.36. The second-order valence-electron chi connectivity index (χ2n) is 3.49. The summed E-state index contributed by atoms with van der Waals surface area (Å²) in [4.78, 5) is 1.05. The summed E-state index contributed by atoms with van der Waals surface area (Å²) in [6.45, 7) is 0. The number of rotatable bonds is 3. The quantitative estimate of drug-likeness (QED) is 0.676. The summed E-state index contributed by atoms with van der Waals surface area (Å²) in [6.07, 6.45) is 3.86. The molecule has 84 valence electrons. The number of halogens is 1. The Morgan fingerprint density at radius 1 is 1.50 bits per heavy atom. The minimum Gasteiger partial charge on any atom is -0.398 e. The zero-order chi connectivity index (χ0) is 11.5. The molecule has 1 aromatic heterocycles. The van der Waals surface area contributed by atoms with Crippen molar-refractivity contribution < 1.29 is 0 Å². The number of aromatic nitrogens is 2. The first-order valence-electron chi connectivity index (χ1n) is 4.80. The van der Waals surface area contributed by atoms with Crippen LogP contribution in [-0.2, 0) is 12.8 Å². The van der Waals surface area contributed by atoms with Gasteiger partial charge in [0.1, 0.15) is 0 Å². The topological polar surface area (TPSA) is 43.8 Å². The fourth-order valence-corrected chi connectivity index (χ4v) is 2.40. The molecule has 0 aliphatic rings. The van der Waals surface area contributed by atoms with Gasteiger partial charge in [0.25, 0.3) is 0 Å². The van der Waals surface area contributed by atoms with Gasteiger partial charge in [-0.1, -0.05) is 11.6 Å². The number of nitrogen functional groups attached to an aromatic ring is 1. The van der Waals surface area contributed by atoms with E-state index in [1.165, 1.54) is 5.56 Å². The van der Waals surface area contributed by atoms with Crippen molar-refractivity contribution in [3.63, 3.8) is 0 Å². The maximum Gasteiger partial charge on any atom is 0.0530 e. The van der Waals surface area contributed by atoms with Crippen molar-refractivity contribution in [2.75, 3.05) is 5.73 Å². The molecule has 0 saturated heterocycles. The van der Waals surface area contributed by atoms with Crippen molar-refractivity contribution in [2.24, 2.45) is 7.05 Å². The third-order valence-electron chi connectivity index (χ3n) is 2.12. The van der Waals surface area contributed by atoms with E-state index < -0.39 is 0 Å². The van der Waals surface area contributed by atoms with E-state index in [2.05, 4.69) is 5.10 Å². The standard InChI is InChI=1S/C11H12ClN3S/c1-15-6-8(5-14-15)7-16-11-3-2-9(12)4-10(11)13/h2-6H,7,13H2,1H3. The second-order valence-corrected chi connectivity index (χ2v) is 4.95. The van der Waals surface area contributed by atoms with Crippen LogP contribution in [0.4, 0.5) is 5.69 Å². The largest absolute Gasteiger partial charge is 0.398 e. The van der Waals surface area contributed by atoms with Gasteiger partial charge < -0.3 is 5.73 Å². The minimum absolute atomic E-state index is 0.670. The summed E-state index contributed by atoms with van der Waals surface area (Å²) in [5.41, 5.74) is 7.77. The molecule has 0 atom stereocenters. The number of hydrogen-bond donors (Lipinski definition) is 1. The molecule has 1 aromatic carbocycles. The van der Waals surface area contributed by atoms with Gasteiger partial charge in [0, 0.05) is 40.2 Å². The van der Waals surface area contributed by atoms with E-state index in [9.17, 15) is 0 Å². The molecule has 0 aliphatic heterocycles. The molecular weight excluding hydrogens is 242 g/mol. The van der Waals surface area contributed by atoms with Gasteiger partial charge in [-0.25, -0.2) is 0 Å². The molecule has 5 heteroatoms. The molecular formula is C11H12ClN3S. The lowest BCUT2D eigenvalue weighted by atomic mass is 10.3. The van der Waals surface area contributed by atoms with E-state index in [1.54, 1.807) is 22.5 Å². The summed E-state index contributed by atoms with van der Waals surface area (Å²) in [7, 11) is 1.91. The molecule has 0 bridgehead atoms. The van der Waals surface area contributed by atoms with E-state index in [4.69, 9.17) is 17.3 Å². The van der Waals surface area contributed by atoms with Gasteiger partial charge in [0.05, 0.1) is 6.20 Å². The van der Waals surface area contributed by atoms with E-state index in [0.29, 0.717) is 5.02 Å². The van der Waals surface area contributed by atoms with E-state index in [0.717, 1.165) is 16.3 Å². The molecule has 2 aromatic rings. The van der Waals surface area contributed by atoms with Crippen LogP contribution in [0.25, 0.3) is 0 Å². The lowest BCUT2D eigenvalue weighted by Crippen LogP contribution is -1.88. The number of hydrogen-bond acceptors (Lipinski definition) is 3. The third kappa shape index (κ3) is 2.71. The first-order valence-corrected chi connectivity index (χ1v) is 6.17. The maximum absolute atomic E-state index is 5.86. The van der Waals surface area contributed by atoms with Crippen LogP contribution in [0.1, 0.15) is 5.56 Å². The number of aryl methyl sites for hydroxylation is 1. The van der Waals surface area contributed by atoms with Gasteiger partial charge in [-0.3, -0.25) is 4.68 Å². The molecule has 0 amide bonds. The van der Waals surface area contributed by atoms with Crippen molar-refractivity contribution in [1.29, 1.82) is 0 Å². The lowest BCUT2D eigenvalue weighted by molar-refractivity contribution is 0.767.